The van der Waals surface area contributed by atoms with Gasteiger partial charge in [-0.25, -0.2) is 0 Å². The molecule has 0 amide bonds. The molecule has 1 fully saturated rings. The number of aliphatic hydroxyl groups excluding tert-OH is 1. The van der Waals surface area contributed by atoms with Crippen LogP contribution < -0.4 is 0 Å². The van der Waals surface area contributed by atoms with Crippen molar-refractivity contribution in [3.05, 3.63) is 0 Å². The van der Waals surface area contributed by atoms with E-state index in [1.807, 2.05) is 0 Å². The summed E-state index contributed by atoms with van der Waals surface area (Å²) >= 11 is 0. The second kappa shape index (κ2) is 2.48. The van der Waals surface area contributed by atoms with E-state index in [0.717, 1.165) is 12.8 Å². The fraction of sp³-hybridized carbons (Fsp3) is 1.00. The van der Waals surface area contributed by atoms with Crippen molar-refractivity contribution in [3.8, 4) is 0 Å². The van der Waals surface area contributed by atoms with Gasteiger partial charge in [0.25, 0.3) is 0 Å². The third kappa shape index (κ3) is 1.58. The summed E-state index contributed by atoms with van der Waals surface area (Å²) in [5, 5.41) is 9.96. The second-order valence-electron chi connectivity index (χ2n) is 5.23. The van der Waals surface area contributed by atoms with E-state index in [9.17, 15) is 5.11 Å². The summed E-state index contributed by atoms with van der Waals surface area (Å²) in [4.78, 5) is 0. The lowest BCUT2D eigenvalue weighted by molar-refractivity contribution is -0.0750. The van der Waals surface area contributed by atoms with Crippen LogP contribution in [0.5, 0.6) is 0 Å². The maximum absolute atomic E-state index is 9.96. The Bertz CT molecular complexity index is 131. The van der Waals surface area contributed by atoms with Gasteiger partial charge in [-0.3, -0.25) is 0 Å². The Hall–Kier alpha value is -0.0400. The molecule has 66 valence electrons. The monoisotopic (exact) mass is 156 g/mol. The van der Waals surface area contributed by atoms with Crippen molar-refractivity contribution in [3.63, 3.8) is 0 Å². The molecule has 0 aromatic carbocycles. The Morgan fingerprint density at radius 1 is 1.00 bits per heavy atom. The average molecular weight is 156 g/mol. The van der Waals surface area contributed by atoms with Gasteiger partial charge in [-0.2, -0.15) is 0 Å². The maximum Gasteiger partial charge on any atom is 0.0641 e. The molecule has 0 unspecified atom stereocenters. The molecule has 1 saturated carbocycles. The first kappa shape index (κ1) is 9.05. The SMILES string of the molecule is CC1(C)CCCC(C)(C)C1O. The van der Waals surface area contributed by atoms with Crippen LogP contribution in [0.2, 0.25) is 0 Å². The molecule has 1 aliphatic rings. The van der Waals surface area contributed by atoms with Gasteiger partial charge in [0.1, 0.15) is 0 Å². The molecule has 1 nitrogen and oxygen atoms in total. The van der Waals surface area contributed by atoms with Crippen LogP contribution in [0, 0.1) is 10.8 Å². The van der Waals surface area contributed by atoms with E-state index in [-0.39, 0.29) is 16.9 Å². The standard InChI is InChI=1S/C10H20O/c1-9(2)6-5-7-10(3,4)8(9)11/h8,11H,5-7H2,1-4H3. The molecule has 1 N–H and O–H groups in total. The van der Waals surface area contributed by atoms with E-state index in [4.69, 9.17) is 0 Å². The highest BCUT2D eigenvalue weighted by Gasteiger charge is 2.42. The van der Waals surface area contributed by atoms with Crippen molar-refractivity contribution in [1.29, 1.82) is 0 Å². The molecule has 0 radical (unpaired) electrons. The minimum absolute atomic E-state index is 0.127. The van der Waals surface area contributed by atoms with Gasteiger partial charge in [-0.1, -0.05) is 34.1 Å². The Morgan fingerprint density at radius 3 is 1.64 bits per heavy atom. The van der Waals surface area contributed by atoms with Crippen molar-refractivity contribution in [1.82, 2.24) is 0 Å². The van der Waals surface area contributed by atoms with Crippen molar-refractivity contribution in [2.75, 3.05) is 0 Å². The Kier molecular flexibility index (Phi) is 2.04. The molecule has 0 saturated heterocycles. The molecule has 11 heavy (non-hydrogen) atoms. The van der Waals surface area contributed by atoms with Crippen LogP contribution in [0.25, 0.3) is 0 Å². The van der Waals surface area contributed by atoms with Crippen LogP contribution in [0.1, 0.15) is 47.0 Å². The van der Waals surface area contributed by atoms with Gasteiger partial charge < -0.3 is 5.11 Å². The molecule has 1 heteroatoms. The third-order valence-corrected chi connectivity index (χ3v) is 3.12. The van der Waals surface area contributed by atoms with Crippen LogP contribution in [0.4, 0.5) is 0 Å². The predicted octanol–water partition coefficient (Wildman–Crippen LogP) is 2.58. The first-order valence-corrected chi connectivity index (χ1v) is 4.54. The van der Waals surface area contributed by atoms with Crippen molar-refractivity contribution >= 4 is 0 Å². The normalized spacial score (nSPS) is 30.3. The van der Waals surface area contributed by atoms with Crippen molar-refractivity contribution in [2.45, 2.75) is 53.1 Å². The molecule has 0 aliphatic heterocycles. The molecular formula is C10H20O. The van der Waals surface area contributed by atoms with Gasteiger partial charge in [-0.15, -0.1) is 0 Å². The second-order valence-corrected chi connectivity index (χ2v) is 5.23. The molecule has 1 rings (SSSR count). The molecular weight excluding hydrogens is 136 g/mol. The quantitative estimate of drug-likeness (QED) is 0.571. The lowest BCUT2D eigenvalue weighted by Gasteiger charge is -2.46. The van der Waals surface area contributed by atoms with Crippen LogP contribution in [-0.4, -0.2) is 11.2 Å². The van der Waals surface area contributed by atoms with Crippen molar-refractivity contribution in [2.24, 2.45) is 10.8 Å². The first-order chi connectivity index (χ1) is 4.86. The van der Waals surface area contributed by atoms with E-state index < -0.39 is 0 Å². The molecule has 0 aromatic rings. The Labute approximate surface area is 69.8 Å². The van der Waals surface area contributed by atoms with Gasteiger partial charge in [0.05, 0.1) is 6.10 Å². The van der Waals surface area contributed by atoms with Gasteiger partial charge in [0, 0.05) is 0 Å². The van der Waals surface area contributed by atoms with Gasteiger partial charge >= 0.3 is 0 Å². The van der Waals surface area contributed by atoms with Crippen LogP contribution in [-0.2, 0) is 0 Å². The van der Waals surface area contributed by atoms with E-state index in [1.165, 1.54) is 6.42 Å². The lowest BCUT2D eigenvalue weighted by Crippen LogP contribution is -2.45. The topological polar surface area (TPSA) is 20.2 Å². The molecule has 0 heterocycles. The Balaban J connectivity index is 2.76. The van der Waals surface area contributed by atoms with Crippen molar-refractivity contribution < 1.29 is 5.11 Å². The predicted molar refractivity (Wildman–Crippen MR) is 47.4 cm³/mol. The van der Waals surface area contributed by atoms with Crippen LogP contribution >= 0.6 is 0 Å². The summed E-state index contributed by atoms with van der Waals surface area (Å²) in [6, 6.07) is 0. The zero-order valence-electron chi connectivity index (χ0n) is 8.15. The van der Waals surface area contributed by atoms with Gasteiger partial charge in [0.2, 0.25) is 0 Å². The first-order valence-electron chi connectivity index (χ1n) is 4.54. The molecule has 0 spiro atoms. The fourth-order valence-electron chi connectivity index (χ4n) is 2.33. The Morgan fingerprint density at radius 2 is 1.36 bits per heavy atom. The molecule has 0 aromatic heterocycles. The highest BCUT2D eigenvalue weighted by molar-refractivity contribution is 4.92. The van der Waals surface area contributed by atoms with E-state index in [2.05, 4.69) is 27.7 Å². The largest absolute Gasteiger partial charge is 0.392 e. The summed E-state index contributed by atoms with van der Waals surface area (Å²) in [6.45, 7) is 8.66. The summed E-state index contributed by atoms with van der Waals surface area (Å²) in [7, 11) is 0. The summed E-state index contributed by atoms with van der Waals surface area (Å²) in [5.41, 5.74) is 0.253. The minimum atomic E-state index is -0.135. The zero-order chi connectivity index (χ0) is 8.70. The number of aliphatic hydroxyl groups is 1. The van der Waals surface area contributed by atoms with Gasteiger partial charge in [0.15, 0.2) is 0 Å². The highest BCUT2D eigenvalue weighted by atomic mass is 16.3. The summed E-state index contributed by atoms with van der Waals surface area (Å²) in [5.74, 6) is 0. The smallest absolute Gasteiger partial charge is 0.0641 e. The molecule has 1 aliphatic carbocycles. The number of hydrogen-bond donors (Lipinski definition) is 1. The van der Waals surface area contributed by atoms with E-state index in [0.29, 0.717) is 0 Å². The summed E-state index contributed by atoms with van der Waals surface area (Å²) < 4.78 is 0. The molecule has 0 bridgehead atoms. The number of rotatable bonds is 0. The van der Waals surface area contributed by atoms with Crippen LogP contribution in [0.3, 0.4) is 0 Å². The minimum Gasteiger partial charge on any atom is -0.392 e. The molecule has 0 atom stereocenters. The van der Waals surface area contributed by atoms with E-state index >= 15 is 0 Å². The van der Waals surface area contributed by atoms with E-state index in [1.54, 1.807) is 0 Å². The highest BCUT2D eigenvalue weighted by Crippen LogP contribution is 2.45. The van der Waals surface area contributed by atoms with Crippen LogP contribution in [0.15, 0.2) is 0 Å². The van der Waals surface area contributed by atoms with Gasteiger partial charge in [-0.05, 0) is 23.7 Å². The summed E-state index contributed by atoms with van der Waals surface area (Å²) in [6.07, 6.45) is 3.45. The number of hydrogen-bond acceptors (Lipinski definition) is 1. The average Bonchev–Trinajstić information content (AvgIpc) is 1.82. The zero-order valence-corrected chi connectivity index (χ0v) is 8.15. The fourth-order valence-corrected chi connectivity index (χ4v) is 2.33. The lowest BCUT2D eigenvalue weighted by atomic mass is 9.63. The third-order valence-electron chi connectivity index (χ3n) is 3.12. The maximum atomic E-state index is 9.96.